The molecule has 0 aliphatic heterocycles. The molecule has 0 saturated heterocycles. The zero-order valence-electron chi connectivity index (χ0n) is 14.3. The van der Waals surface area contributed by atoms with Crippen molar-refractivity contribution in [2.45, 2.75) is 20.3 Å². The first-order valence-corrected chi connectivity index (χ1v) is 8.41. The Balaban J connectivity index is 1.82. The van der Waals surface area contributed by atoms with Crippen LogP contribution in [0.1, 0.15) is 25.8 Å². The average Bonchev–Trinajstić information content (AvgIpc) is 2.64. The van der Waals surface area contributed by atoms with Crippen LogP contribution in [0.4, 0.5) is 0 Å². The van der Waals surface area contributed by atoms with Gasteiger partial charge in [0.2, 0.25) is 0 Å². The predicted molar refractivity (Wildman–Crippen MR) is 99.5 cm³/mol. The lowest BCUT2D eigenvalue weighted by atomic mass is 10.1. The molecular weight excluding hydrogens is 340 g/mol. The largest absolute Gasteiger partial charge is 0.494 e. The minimum Gasteiger partial charge on any atom is -0.494 e. The Bertz CT molecular complexity index is 712. The maximum atomic E-state index is 11.8. The van der Waals surface area contributed by atoms with Crippen LogP contribution in [0.2, 0.25) is 5.02 Å². The molecule has 2 rings (SSSR count). The number of hydrogen-bond acceptors (Lipinski definition) is 4. The molecule has 0 fully saturated rings. The lowest BCUT2D eigenvalue weighted by Crippen LogP contribution is -2.25. The molecule has 0 bridgehead atoms. The first-order valence-electron chi connectivity index (χ1n) is 8.03. The summed E-state index contributed by atoms with van der Waals surface area (Å²) >= 11 is 5.79. The Hall–Kier alpha value is -2.53. The summed E-state index contributed by atoms with van der Waals surface area (Å²) < 4.78 is 10.9. The Morgan fingerprint density at radius 1 is 1.04 bits per heavy atom. The molecule has 0 aliphatic rings. The molecule has 2 aromatic rings. The number of nitrogens with zero attached hydrogens (tertiary/aromatic N) is 1. The standard InChI is InChI=1S/C19H21ClN2O3/c1-3-12-24-17-8-4-15(5-9-17)14(2)21-22-19(23)13-25-18-10-6-16(20)7-11-18/h4-11H,3,12-13H2,1-2H3,(H,22,23)/b21-14-. The molecule has 0 unspecified atom stereocenters. The van der Waals surface area contributed by atoms with Crippen LogP contribution in [0, 0.1) is 0 Å². The molecule has 0 atom stereocenters. The number of nitrogens with one attached hydrogen (secondary N) is 1. The molecule has 5 nitrogen and oxygen atoms in total. The molecule has 0 heterocycles. The van der Waals surface area contributed by atoms with Crippen molar-refractivity contribution < 1.29 is 14.3 Å². The van der Waals surface area contributed by atoms with Gasteiger partial charge in [0, 0.05) is 5.02 Å². The fourth-order valence-electron chi connectivity index (χ4n) is 1.94. The summed E-state index contributed by atoms with van der Waals surface area (Å²) in [4.78, 5) is 11.8. The topological polar surface area (TPSA) is 59.9 Å². The first-order chi connectivity index (χ1) is 12.1. The van der Waals surface area contributed by atoms with Crippen LogP contribution in [0.5, 0.6) is 11.5 Å². The maximum Gasteiger partial charge on any atom is 0.277 e. The van der Waals surface area contributed by atoms with Crippen LogP contribution in [0.3, 0.4) is 0 Å². The summed E-state index contributed by atoms with van der Waals surface area (Å²) in [5, 5.41) is 4.70. The van der Waals surface area contributed by atoms with Gasteiger partial charge in [-0.05, 0) is 67.4 Å². The number of halogens is 1. The molecule has 1 amide bonds. The van der Waals surface area contributed by atoms with E-state index >= 15 is 0 Å². The Morgan fingerprint density at radius 3 is 2.28 bits per heavy atom. The predicted octanol–water partition coefficient (Wildman–Crippen LogP) is 4.05. The van der Waals surface area contributed by atoms with E-state index in [2.05, 4.69) is 17.5 Å². The van der Waals surface area contributed by atoms with Crippen molar-refractivity contribution in [1.82, 2.24) is 5.43 Å². The van der Waals surface area contributed by atoms with Gasteiger partial charge in [0.1, 0.15) is 11.5 Å². The van der Waals surface area contributed by atoms with Crippen molar-refractivity contribution in [1.29, 1.82) is 0 Å². The monoisotopic (exact) mass is 360 g/mol. The van der Waals surface area contributed by atoms with Gasteiger partial charge in [-0.3, -0.25) is 4.79 Å². The van der Waals surface area contributed by atoms with Crippen molar-refractivity contribution in [3.8, 4) is 11.5 Å². The zero-order valence-corrected chi connectivity index (χ0v) is 15.0. The highest BCUT2D eigenvalue weighted by atomic mass is 35.5. The van der Waals surface area contributed by atoms with Crippen LogP contribution in [0.25, 0.3) is 0 Å². The molecule has 0 radical (unpaired) electrons. The minimum atomic E-state index is -0.336. The van der Waals surface area contributed by atoms with E-state index in [4.69, 9.17) is 21.1 Å². The molecule has 25 heavy (non-hydrogen) atoms. The zero-order chi connectivity index (χ0) is 18.1. The number of benzene rings is 2. The van der Waals surface area contributed by atoms with Gasteiger partial charge in [0.25, 0.3) is 5.91 Å². The number of carbonyl (C=O) groups excluding carboxylic acids is 1. The minimum absolute atomic E-state index is 0.123. The Labute approximate surface area is 152 Å². The second kappa shape index (κ2) is 9.69. The summed E-state index contributed by atoms with van der Waals surface area (Å²) in [5.41, 5.74) is 4.08. The molecule has 0 saturated carbocycles. The van der Waals surface area contributed by atoms with Gasteiger partial charge in [0.15, 0.2) is 6.61 Å². The molecular formula is C19H21ClN2O3. The van der Waals surface area contributed by atoms with Gasteiger partial charge in [-0.25, -0.2) is 5.43 Å². The van der Waals surface area contributed by atoms with E-state index in [-0.39, 0.29) is 12.5 Å². The van der Waals surface area contributed by atoms with Crippen molar-refractivity contribution in [3.63, 3.8) is 0 Å². The van der Waals surface area contributed by atoms with Gasteiger partial charge in [0.05, 0.1) is 12.3 Å². The van der Waals surface area contributed by atoms with Gasteiger partial charge < -0.3 is 9.47 Å². The van der Waals surface area contributed by atoms with E-state index in [1.54, 1.807) is 24.3 Å². The van der Waals surface area contributed by atoms with Crippen molar-refractivity contribution in [3.05, 3.63) is 59.1 Å². The third-order valence-corrected chi connectivity index (χ3v) is 3.53. The highest BCUT2D eigenvalue weighted by Crippen LogP contribution is 2.15. The molecule has 1 N–H and O–H groups in total. The quantitative estimate of drug-likeness (QED) is 0.570. The number of hydrogen-bond donors (Lipinski definition) is 1. The summed E-state index contributed by atoms with van der Waals surface area (Å²) in [6, 6.07) is 14.4. The number of rotatable bonds is 8. The van der Waals surface area contributed by atoms with Gasteiger partial charge >= 0.3 is 0 Å². The Morgan fingerprint density at radius 2 is 1.64 bits per heavy atom. The fourth-order valence-corrected chi connectivity index (χ4v) is 2.06. The van der Waals surface area contributed by atoms with Crippen molar-refractivity contribution in [2.24, 2.45) is 5.10 Å². The van der Waals surface area contributed by atoms with Gasteiger partial charge in [-0.15, -0.1) is 0 Å². The normalized spacial score (nSPS) is 11.1. The van der Waals surface area contributed by atoms with Crippen molar-refractivity contribution in [2.75, 3.05) is 13.2 Å². The lowest BCUT2D eigenvalue weighted by molar-refractivity contribution is -0.123. The van der Waals surface area contributed by atoms with E-state index in [9.17, 15) is 4.79 Å². The van der Waals surface area contributed by atoms with E-state index in [1.807, 2.05) is 31.2 Å². The van der Waals surface area contributed by atoms with Crippen LogP contribution in [-0.2, 0) is 4.79 Å². The van der Waals surface area contributed by atoms with E-state index in [1.165, 1.54) is 0 Å². The highest BCUT2D eigenvalue weighted by Gasteiger charge is 2.03. The third-order valence-electron chi connectivity index (χ3n) is 3.28. The SMILES string of the molecule is CCCOc1ccc(/C(C)=N\NC(=O)COc2ccc(Cl)cc2)cc1. The molecule has 0 aromatic heterocycles. The number of carbonyl (C=O) groups is 1. The third kappa shape index (κ3) is 6.47. The molecule has 132 valence electrons. The van der Waals surface area contributed by atoms with Gasteiger partial charge in [-0.1, -0.05) is 18.5 Å². The smallest absolute Gasteiger partial charge is 0.277 e. The second-order valence-corrected chi connectivity index (χ2v) is 5.78. The van der Waals surface area contributed by atoms with E-state index in [0.717, 1.165) is 17.7 Å². The maximum absolute atomic E-state index is 11.8. The summed E-state index contributed by atoms with van der Waals surface area (Å²) in [5.74, 6) is 1.05. The summed E-state index contributed by atoms with van der Waals surface area (Å²) in [7, 11) is 0. The summed E-state index contributed by atoms with van der Waals surface area (Å²) in [6.45, 7) is 4.45. The van der Waals surface area contributed by atoms with Crippen molar-refractivity contribution >= 4 is 23.2 Å². The first kappa shape index (κ1) is 18.8. The van der Waals surface area contributed by atoms with Crippen LogP contribution in [-0.4, -0.2) is 24.8 Å². The molecule has 2 aromatic carbocycles. The highest BCUT2D eigenvalue weighted by molar-refractivity contribution is 6.30. The summed E-state index contributed by atoms with van der Waals surface area (Å²) in [6.07, 6.45) is 0.965. The van der Waals surface area contributed by atoms with E-state index < -0.39 is 0 Å². The van der Waals surface area contributed by atoms with Crippen LogP contribution >= 0.6 is 11.6 Å². The van der Waals surface area contributed by atoms with Gasteiger partial charge in [-0.2, -0.15) is 5.10 Å². The van der Waals surface area contributed by atoms with Crippen LogP contribution in [0.15, 0.2) is 53.6 Å². The lowest BCUT2D eigenvalue weighted by Gasteiger charge is -2.07. The molecule has 0 aliphatic carbocycles. The number of amides is 1. The fraction of sp³-hybridized carbons (Fsp3) is 0.263. The Kier molecular flexibility index (Phi) is 7.29. The molecule has 0 spiro atoms. The number of ether oxygens (including phenoxy) is 2. The second-order valence-electron chi connectivity index (χ2n) is 5.35. The average molecular weight is 361 g/mol. The van der Waals surface area contributed by atoms with E-state index in [0.29, 0.717) is 23.1 Å². The molecule has 6 heteroatoms. The number of hydrazone groups is 1. The van der Waals surface area contributed by atoms with Crippen LogP contribution < -0.4 is 14.9 Å².